The van der Waals surface area contributed by atoms with E-state index in [1.807, 2.05) is 0 Å². The maximum absolute atomic E-state index is 13.1. The lowest BCUT2D eigenvalue weighted by Crippen LogP contribution is -2.43. The van der Waals surface area contributed by atoms with E-state index in [1.165, 1.54) is 20.8 Å². The Balaban J connectivity index is 2.91. The number of benzene rings is 1. The summed E-state index contributed by atoms with van der Waals surface area (Å²) >= 11 is 3.30. The van der Waals surface area contributed by atoms with Crippen LogP contribution in [0.4, 0.5) is 4.79 Å². The molecule has 0 bridgehead atoms. The van der Waals surface area contributed by atoms with Crippen molar-refractivity contribution in [3.8, 4) is 0 Å². The van der Waals surface area contributed by atoms with Crippen molar-refractivity contribution in [2.75, 3.05) is 6.16 Å². The minimum atomic E-state index is -4.42. The molecule has 1 rings (SSSR count). The average molecular weight is 611 g/mol. The first-order chi connectivity index (χ1) is 17.2. The first kappa shape index (κ1) is 32.5. The minimum absolute atomic E-state index is 0.00471. The predicted molar refractivity (Wildman–Crippen MR) is 133 cm³/mol. The topological polar surface area (TPSA) is 187 Å². The number of carbonyl (C=O) groups is 4. The Bertz CT molecular complexity index is 989. The van der Waals surface area contributed by atoms with Crippen LogP contribution in [0.3, 0.4) is 0 Å². The molecule has 0 aliphatic carbocycles. The molecule has 15 heteroatoms. The number of carbonyl (C=O) groups excluding carboxylic acids is 3. The van der Waals surface area contributed by atoms with Gasteiger partial charge in [-0.25, -0.2) is 10.1 Å². The fourth-order valence-electron chi connectivity index (χ4n) is 2.85. The number of aliphatic carboxylic acids is 1. The van der Waals surface area contributed by atoms with E-state index in [4.69, 9.17) is 19.1 Å². The molecule has 0 fully saturated rings. The summed E-state index contributed by atoms with van der Waals surface area (Å²) in [4.78, 5) is 47.6. The van der Waals surface area contributed by atoms with Crippen LogP contribution in [0.25, 0.3) is 0 Å². The molecule has 0 saturated heterocycles. The lowest BCUT2D eigenvalue weighted by molar-refractivity contribution is -0.169. The van der Waals surface area contributed by atoms with Gasteiger partial charge in [0.05, 0.1) is 18.0 Å². The molecule has 0 aliphatic rings. The Morgan fingerprint density at radius 3 is 2.11 bits per heavy atom. The number of rotatable bonds is 14. The van der Waals surface area contributed by atoms with Crippen molar-refractivity contribution < 1.29 is 52.8 Å². The Labute approximate surface area is 222 Å². The zero-order valence-electron chi connectivity index (χ0n) is 21.0. The van der Waals surface area contributed by atoms with Crippen molar-refractivity contribution in [2.24, 2.45) is 11.8 Å². The number of alkyl carbamates (subject to hydrolysis) is 1. The summed E-state index contributed by atoms with van der Waals surface area (Å²) in [5.41, 5.74) is 0.649. The maximum Gasteiger partial charge on any atom is 0.412 e. The highest BCUT2D eigenvalue weighted by Crippen LogP contribution is 2.50. The zero-order valence-corrected chi connectivity index (χ0v) is 23.5. The van der Waals surface area contributed by atoms with Crippen molar-refractivity contribution in [2.45, 2.75) is 59.6 Å². The van der Waals surface area contributed by atoms with E-state index >= 15 is 0 Å². The van der Waals surface area contributed by atoms with Gasteiger partial charge in [0.15, 0.2) is 0 Å². The zero-order chi connectivity index (χ0) is 28.3. The molecule has 0 aliphatic heterocycles. The highest BCUT2D eigenvalue weighted by Gasteiger charge is 2.36. The summed E-state index contributed by atoms with van der Waals surface area (Å²) in [5.74, 6) is -4.21. The second-order valence-corrected chi connectivity index (χ2v) is 11.3. The molecule has 208 valence electrons. The third-order valence-electron chi connectivity index (χ3n) is 4.73. The number of halogens is 1. The smallest absolute Gasteiger partial charge is 0.412 e. The molecule has 37 heavy (non-hydrogen) atoms. The molecule has 0 aromatic heterocycles. The monoisotopic (exact) mass is 610 g/mol. The fourth-order valence-corrected chi connectivity index (χ4v) is 4.67. The number of ether oxygens (including phenoxy) is 2. The lowest BCUT2D eigenvalue weighted by atomic mass is 10.00. The number of nitrogens with one attached hydrogen (secondary N) is 2. The Hall–Kier alpha value is -2.51. The van der Waals surface area contributed by atoms with Gasteiger partial charge < -0.3 is 19.9 Å². The van der Waals surface area contributed by atoms with Gasteiger partial charge in [-0.3, -0.25) is 28.8 Å². The van der Waals surface area contributed by atoms with Gasteiger partial charge >= 0.3 is 25.6 Å². The van der Waals surface area contributed by atoms with Crippen LogP contribution in [-0.2, 0) is 44.0 Å². The molecule has 4 N–H and O–H groups in total. The molecule has 2 amide bonds. The highest BCUT2D eigenvalue weighted by molar-refractivity contribution is 9.10. The lowest BCUT2D eigenvalue weighted by Gasteiger charge is -2.25. The van der Waals surface area contributed by atoms with Crippen LogP contribution >= 0.6 is 23.5 Å². The molecular weight excluding hydrogens is 579 g/mol. The number of esters is 1. The van der Waals surface area contributed by atoms with Crippen molar-refractivity contribution in [1.29, 1.82) is 0 Å². The normalized spacial score (nSPS) is 16.0. The van der Waals surface area contributed by atoms with Crippen molar-refractivity contribution in [1.82, 2.24) is 10.6 Å². The van der Waals surface area contributed by atoms with Gasteiger partial charge in [0, 0.05) is 11.4 Å². The maximum atomic E-state index is 13.1. The van der Waals surface area contributed by atoms with Crippen LogP contribution in [0.15, 0.2) is 28.7 Å². The van der Waals surface area contributed by atoms with Crippen LogP contribution in [-0.4, -0.2) is 59.0 Å². The van der Waals surface area contributed by atoms with Crippen molar-refractivity contribution in [3.63, 3.8) is 0 Å². The van der Waals surface area contributed by atoms with Gasteiger partial charge in [-0.1, -0.05) is 41.9 Å². The number of amides is 2. The Morgan fingerprint density at radius 2 is 1.59 bits per heavy atom. The quantitative estimate of drug-likeness (QED) is 0.0793. The third-order valence-corrected chi connectivity index (χ3v) is 7.03. The van der Waals surface area contributed by atoms with Crippen LogP contribution in [0.5, 0.6) is 0 Å². The second kappa shape index (κ2) is 15.0. The van der Waals surface area contributed by atoms with Crippen LogP contribution < -0.4 is 10.6 Å². The van der Waals surface area contributed by atoms with Crippen LogP contribution in [0.1, 0.15) is 40.2 Å². The van der Waals surface area contributed by atoms with E-state index in [0.717, 1.165) is 4.47 Å². The van der Waals surface area contributed by atoms with Gasteiger partial charge in [0.1, 0.15) is 12.3 Å². The van der Waals surface area contributed by atoms with E-state index in [1.54, 1.807) is 38.1 Å². The molecular formula is C22H32BrN2O11P. The van der Waals surface area contributed by atoms with Crippen LogP contribution in [0, 0.1) is 11.8 Å². The summed E-state index contributed by atoms with van der Waals surface area (Å²) < 4.78 is 33.0. The molecule has 13 nitrogen and oxygen atoms in total. The first-order valence-electron chi connectivity index (χ1n) is 11.2. The number of hydrogen-bond donors (Lipinski definition) is 4. The molecule has 1 aromatic carbocycles. The summed E-state index contributed by atoms with van der Waals surface area (Å²) in [5, 5.41) is 22.9. The number of hydrogen-bond acceptors (Lipinski definition) is 10. The molecule has 0 heterocycles. The van der Waals surface area contributed by atoms with Crippen LogP contribution in [0.2, 0.25) is 0 Å². The minimum Gasteiger partial charge on any atom is -0.480 e. The standard InChI is InChI=1S/C22H32BrN2O11P/c1-12(2)21(29)33-15(5)34-22(30)25-14(4)35-37(32,36-31)11-17(19(26)24-13(3)20(27)28)10-16-6-8-18(23)9-7-16/h6-9,12-15,17,31H,10-11H2,1-5H3,(H,24,26)(H,25,30)(H,27,28). The van der Waals surface area contributed by atoms with E-state index < -0.39 is 68.1 Å². The Morgan fingerprint density at radius 1 is 1.00 bits per heavy atom. The summed E-state index contributed by atoms with van der Waals surface area (Å²) in [6.45, 7) is 7.03. The Kier molecular flexibility index (Phi) is 13.2. The molecule has 5 atom stereocenters. The van der Waals surface area contributed by atoms with Crippen molar-refractivity contribution >= 4 is 47.5 Å². The summed E-state index contributed by atoms with van der Waals surface area (Å²) in [6.07, 6.45) is -4.29. The highest BCUT2D eigenvalue weighted by atomic mass is 79.9. The van der Waals surface area contributed by atoms with E-state index in [-0.39, 0.29) is 6.42 Å². The van der Waals surface area contributed by atoms with E-state index in [9.17, 15) is 29.0 Å². The van der Waals surface area contributed by atoms with Gasteiger partial charge in [0.25, 0.3) is 0 Å². The van der Waals surface area contributed by atoms with Gasteiger partial charge in [0.2, 0.25) is 12.2 Å². The third kappa shape index (κ3) is 12.1. The van der Waals surface area contributed by atoms with E-state index in [0.29, 0.717) is 5.56 Å². The average Bonchev–Trinajstić information content (AvgIpc) is 2.79. The number of carboxylic acid groups (broad SMARTS) is 1. The SMILES string of the molecule is CC(NC(=O)OC(C)OC(=O)C(C)C)OP(=O)(CC(Cc1ccc(Br)cc1)C(=O)NC(C)C(=O)O)OO. The van der Waals surface area contributed by atoms with E-state index in [2.05, 4.69) is 31.2 Å². The molecule has 0 spiro atoms. The molecule has 5 unspecified atom stereocenters. The number of carboxylic acids is 1. The molecule has 0 radical (unpaired) electrons. The largest absolute Gasteiger partial charge is 0.480 e. The van der Waals surface area contributed by atoms with Gasteiger partial charge in [-0.15, -0.1) is 0 Å². The first-order valence-corrected chi connectivity index (χ1v) is 13.7. The van der Waals surface area contributed by atoms with Crippen molar-refractivity contribution in [3.05, 3.63) is 34.3 Å². The summed E-state index contributed by atoms with van der Waals surface area (Å²) in [7, 11) is -4.42. The predicted octanol–water partition coefficient (Wildman–Crippen LogP) is 3.51. The van der Waals surface area contributed by atoms with Gasteiger partial charge in [-0.05, 0) is 38.0 Å². The summed E-state index contributed by atoms with van der Waals surface area (Å²) in [6, 6.07) is 5.60. The van der Waals surface area contributed by atoms with Gasteiger partial charge in [-0.2, -0.15) is 4.67 Å². The molecule has 0 saturated carbocycles. The second-order valence-electron chi connectivity index (χ2n) is 8.43. The molecule has 1 aromatic rings. The fraction of sp³-hybridized carbons (Fsp3) is 0.545.